The summed E-state index contributed by atoms with van der Waals surface area (Å²) in [7, 11) is 0. The first-order valence-corrected chi connectivity index (χ1v) is 11.0. The maximum atomic E-state index is 10.5. The Bertz CT molecular complexity index is 411. The van der Waals surface area contributed by atoms with E-state index in [4.69, 9.17) is 15.9 Å². The Hall–Kier alpha value is -1.92. The zero-order valence-electron chi connectivity index (χ0n) is 18.1. The van der Waals surface area contributed by atoms with Gasteiger partial charge in [0, 0.05) is 25.7 Å². The number of amides is 1. The van der Waals surface area contributed by atoms with Crippen LogP contribution in [-0.2, 0) is 19.2 Å². The summed E-state index contributed by atoms with van der Waals surface area (Å²) in [6.07, 6.45) is 15.7. The van der Waals surface area contributed by atoms with Crippen molar-refractivity contribution in [3.8, 4) is 0 Å². The first kappa shape index (κ1) is 29.3. The van der Waals surface area contributed by atoms with E-state index >= 15 is 0 Å². The van der Waals surface area contributed by atoms with Crippen molar-refractivity contribution in [2.24, 2.45) is 5.73 Å². The molecular formula is C22H41NO6. The Morgan fingerprint density at radius 1 is 0.517 bits per heavy atom. The van der Waals surface area contributed by atoms with Gasteiger partial charge in [-0.3, -0.25) is 14.4 Å². The molecule has 170 valence electrons. The Kier molecular flexibility index (Phi) is 22.6. The third-order valence-electron chi connectivity index (χ3n) is 4.48. The number of rotatable bonds is 19. The lowest BCUT2D eigenvalue weighted by molar-refractivity contribution is -0.138. The van der Waals surface area contributed by atoms with Gasteiger partial charge < -0.3 is 20.7 Å². The molecule has 7 heteroatoms. The van der Waals surface area contributed by atoms with Gasteiger partial charge in [-0.2, -0.15) is 0 Å². The number of carbonyl (C=O) groups excluding carboxylic acids is 2. The molecule has 0 rings (SSSR count). The van der Waals surface area contributed by atoms with E-state index in [1.165, 1.54) is 58.3 Å². The minimum absolute atomic E-state index is 0.0521. The number of carboxylic acid groups (broad SMARTS) is 2. The number of aliphatic carboxylic acids is 2. The molecule has 0 aromatic heterocycles. The number of primary amides is 1. The predicted octanol–water partition coefficient (Wildman–Crippen LogP) is 4.85. The van der Waals surface area contributed by atoms with Gasteiger partial charge in [0.15, 0.2) is 0 Å². The van der Waals surface area contributed by atoms with Crippen molar-refractivity contribution in [3.63, 3.8) is 0 Å². The summed E-state index contributed by atoms with van der Waals surface area (Å²) >= 11 is 0. The Morgan fingerprint density at radius 3 is 1.14 bits per heavy atom. The van der Waals surface area contributed by atoms with Crippen molar-refractivity contribution in [1.29, 1.82) is 0 Å². The SMILES string of the molecule is CC(=O)CCCC(=O)O.NC(=O)CCCCCCCCCCCCCCC(=O)O. The number of unbranched alkanes of at least 4 members (excludes halogenated alkanes) is 11. The first-order chi connectivity index (χ1) is 13.8. The molecular weight excluding hydrogens is 374 g/mol. The molecule has 0 bridgehead atoms. The molecule has 1 amide bonds. The minimum Gasteiger partial charge on any atom is -0.481 e. The van der Waals surface area contributed by atoms with Crippen LogP contribution in [0.5, 0.6) is 0 Å². The van der Waals surface area contributed by atoms with Crippen LogP contribution in [0.1, 0.15) is 116 Å². The summed E-state index contributed by atoms with van der Waals surface area (Å²) < 4.78 is 0. The summed E-state index contributed by atoms with van der Waals surface area (Å²) in [5, 5.41) is 16.6. The first-order valence-electron chi connectivity index (χ1n) is 11.0. The minimum atomic E-state index is -0.837. The summed E-state index contributed by atoms with van der Waals surface area (Å²) in [6, 6.07) is 0. The van der Waals surface area contributed by atoms with Crippen LogP contribution in [0, 0.1) is 0 Å². The van der Waals surface area contributed by atoms with E-state index in [0.717, 1.165) is 25.7 Å². The van der Waals surface area contributed by atoms with Gasteiger partial charge in [0.2, 0.25) is 5.91 Å². The van der Waals surface area contributed by atoms with Crippen LogP contribution in [0.3, 0.4) is 0 Å². The average molecular weight is 416 g/mol. The maximum Gasteiger partial charge on any atom is 0.303 e. The van der Waals surface area contributed by atoms with E-state index in [2.05, 4.69) is 0 Å². The van der Waals surface area contributed by atoms with E-state index in [0.29, 0.717) is 25.7 Å². The fourth-order valence-corrected chi connectivity index (χ4v) is 2.83. The number of ketones is 1. The van der Waals surface area contributed by atoms with Crippen LogP contribution in [0.25, 0.3) is 0 Å². The lowest BCUT2D eigenvalue weighted by atomic mass is 10.0. The molecule has 0 unspecified atom stereocenters. The number of carbonyl (C=O) groups is 4. The number of hydrogen-bond donors (Lipinski definition) is 3. The van der Waals surface area contributed by atoms with Crippen LogP contribution in [0.4, 0.5) is 0 Å². The van der Waals surface area contributed by atoms with E-state index in [9.17, 15) is 19.2 Å². The second kappa shape index (κ2) is 22.4. The molecule has 4 N–H and O–H groups in total. The molecule has 0 aliphatic carbocycles. The van der Waals surface area contributed by atoms with Crippen molar-refractivity contribution in [2.75, 3.05) is 0 Å². The summed E-state index contributed by atoms with van der Waals surface area (Å²) in [5.41, 5.74) is 5.08. The highest BCUT2D eigenvalue weighted by molar-refractivity contribution is 5.76. The van der Waals surface area contributed by atoms with Crippen LogP contribution in [-0.4, -0.2) is 33.8 Å². The number of Topliss-reactive ketones (excluding diaryl/α,β-unsaturated/α-hetero) is 1. The summed E-state index contributed by atoms with van der Waals surface area (Å²) in [6.45, 7) is 1.46. The van der Waals surface area contributed by atoms with E-state index in [-0.39, 0.29) is 18.1 Å². The molecule has 0 fully saturated rings. The molecule has 0 atom stereocenters. The number of nitrogens with two attached hydrogens (primary N) is 1. The highest BCUT2D eigenvalue weighted by Gasteiger charge is 1.98. The van der Waals surface area contributed by atoms with Gasteiger partial charge in [0.25, 0.3) is 0 Å². The Balaban J connectivity index is 0. The topological polar surface area (TPSA) is 135 Å². The van der Waals surface area contributed by atoms with Crippen molar-refractivity contribution in [3.05, 3.63) is 0 Å². The zero-order chi connectivity index (χ0) is 22.3. The molecule has 29 heavy (non-hydrogen) atoms. The fourth-order valence-electron chi connectivity index (χ4n) is 2.83. The van der Waals surface area contributed by atoms with Gasteiger partial charge in [-0.1, -0.05) is 64.2 Å². The second-order valence-electron chi connectivity index (χ2n) is 7.55. The monoisotopic (exact) mass is 415 g/mol. The van der Waals surface area contributed by atoms with Crippen LogP contribution < -0.4 is 5.73 Å². The number of hydrogen-bond acceptors (Lipinski definition) is 4. The fraction of sp³-hybridized carbons (Fsp3) is 0.818. The van der Waals surface area contributed by atoms with Crippen molar-refractivity contribution >= 4 is 23.6 Å². The molecule has 0 saturated heterocycles. The highest BCUT2D eigenvalue weighted by Crippen LogP contribution is 2.12. The number of carboxylic acids is 2. The van der Waals surface area contributed by atoms with E-state index in [1.807, 2.05) is 0 Å². The predicted molar refractivity (Wildman–Crippen MR) is 114 cm³/mol. The molecule has 0 aromatic carbocycles. The Morgan fingerprint density at radius 2 is 0.828 bits per heavy atom. The van der Waals surface area contributed by atoms with Gasteiger partial charge in [-0.05, 0) is 26.2 Å². The largest absolute Gasteiger partial charge is 0.481 e. The molecule has 0 heterocycles. The third-order valence-corrected chi connectivity index (χ3v) is 4.48. The van der Waals surface area contributed by atoms with Crippen molar-refractivity contribution in [2.45, 2.75) is 116 Å². The van der Waals surface area contributed by atoms with Gasteiger partial charge in [0.05, 0.1) is 0 Å². The molecule has 0 aliphatic rings. The standard InChI is InChI=1S/C16H31NO3.C6H10O3/c17-15(18)13-11-9-7-5-3-1-2-4-6-8-10-12-14-16(19)20;1-5(7)3-2-4-6(8)9/h1-14H2,(H2,17,18)(H,19,20);2-4H2,1H3,(H,8,9). The lowest BCUT2D eigenvalue weighted by Gasteiger charge is -2.02. The van der Waals surface area contributed by atoms with Gasteiger partial charge in [0.1, 0.15) is 5.78 Å². The van der Waals surface area contributed by atoms with Gasteiger partial charge in [-0.25, -0.2) is 0 Å². The van der Waals surface area contributed by atoms with Gasteiger partial charge in [-0.15, -0.1) is 0 Å². The van der Waals surface area contributed by atoms with Crippen LogP contribution >= 0.6 is 0 Å². The van der Waals surface area contributed by atoms with Crippen LogP contribution in [0.15, 0.2) is 0 Å². The van der Waals surface area contributed by atoms with Crippen LogP contribution in [0.2, 0.25) is 0 Å². The van der Waals surface area contributed by atoms with Crippen molar-refractivity contribution < 1.29 is 29.4 Å². The third kappa shape index (κ3) is 34.0. The molecule has 0 radical (unpaired) electrons. The molecule has 7 nitrogen and oxygen atoms in total. The smallest absolute Gasteiger partial charge is 0.303 e. The molecule has 0 aliphatic heterocycles. The zero-order valence-corrected chi connectivity index (χ0v) is 18.1. The highest BCUT2D eigenvalue weighted by atomic mass is 16.4. The maximum absolute atomic E-state index is 10.5. The average Bonchev–Trinajstić information content (AvgIpc) is 2.61. The van der Waals surface area contributed by atoms with Crippen molar-refractivity contribution in [1.82, 2.24) is 0 Å². The van der Waals surface area contributed by atoms with Gasteiger partial charge >= 0.3 is 11.9 Å². The normalized spacial score (nSPS) is 10.1. The quantitative estimate of drug-likeness (QED) is 0.258. The second-order valence-corrected chi connectivity index (χ2v) is 7.55. The summed E-state index contributed by atoms with van der Waals surface area (Å²) in [4.78, 5) is 40.9. The Labute approximate surface area is 175 Å². The molecule has 0 saturated carbocycles. The molecule has 0 spiro atoms. The molecule has 0 aromatic rings. The van der Waals surface area contributed by atoms with E-state index in [1.54, 1.807) is 0 Å². The summed E-state index contributed by atoms with van der Waals surface area (Å²) in [5.74, 6) is -1.65. The van der Waals surface area contributed by atoms with E-state index < -0.39 is 11.9 Å². The lowest BCUT2D eigenvalue weighted by Crippen LogP contribution is -2.09.